The Morgan fingerprint density at radius 3 is 2.53 bits per heavy atom. The molecule has 9 nitrogen and oxygen atoms in total. The lowest BCUT2D eigenvalue weighted by Gasteiger charge is -2.43. The lowest BCUT2D eigenvalue weighted by Crippen LogP contribution is -2.54. The van der Waals surface area contributed by atoms with Gasteiger partial charge >= 0.3 is 6.03 Å². The normalized spacial score (nSPS) is 27.6. The predicted octanol–water partition coefficient (Wildman–Crippen LogP) is 2.94. The topological polar surface area (TPSA) is 116 Å². The molecular formula is C24H34N4O5S. The van der Waals surface area contributed by atoms with Gasteiger partial charge in [-0.3, -0.25) is 14.5 Å². The van der Waals surface area contributed by atoms with E-state index in [1.54, 1.807) is 12.1 Å². The minimum absolute atomic E-state index is 0.0981. The summed E-state index contributed by atoms with van der Waals surface area (Å²) in [4.78, 5) is 39.7. The third-order valence-corrected chi connectivity index (χ3v) is 8.89. The number of rotatable bonds is 5. The van der Waals surface area contributed by atoms with E-state index in [2.05, 4.69) is 31.4 Å². The molecule has 4 amide bonds. The highest BCUT2D eigenvalue weighted by Gasteiger charge is 2.56. The second-order valence-electron chi connectivity index (χ2n) is 10.8. The molecule has 2 aliphatic heterocycles. The number of urea groups is 1. The van der Waals surface area contributed by atoms with Crippen molar-refractivity contribution in [1.29, 1.82) is 0 Å². The van der Waals surface area contributed by atoms with E-state index in [0.717, 1.165) is 30.6 Å². The minimum Gasteiger partial charge on any atom is -0.324 e. The summed E-state index contributed by atoms with van der Waals surface area (Å²) in [5.74, 6) is -0.656. The Kier molecular flexibility index (Phi) is 6.50. The molecule has 0 bridgehead atoms. The summed E-state index contributed by atoms with van der Waals surface area (Å²) in [5, 5.41) is 5.51. The molecule has 1 spiro atoms. The molecule has 2 N–H and O–H groups in total. The van der Waals surface area contributed by atoms with Crippen LogP contribution in [0.1, 0.15) is 59.3 Å². The molecule has 1 aliphatic carbocycles. The quantitative estimate of drug-likeness (QED) is 0.616. The number of carbonyl (C=O) groups is 3. The zero-order valence-electron chi connectivity index (χ0n) is 20.1. The molecule has 1 aromatic rings. The molecule has 186 valence electrons. The van der Waals surface area contributed by atoms with Crippen LogP contribution in [0.3, 0.4) is 0 Å². The van der Waals surface area contributed by atoms with Crippen LogP contribution in [0.15, 0.2) is 29.2 Å². The maximum absolute atomic E-state index is 13.3. The fourth-order valence-electron chi connectivity index (χ4n) is 5.98. The molecule has 1 aromatic carbocycles. The van der Waals surface area contributed by atoms with E-state index in [1.807, 2.05) is 0 Å². The molecule has 2 atom stereocenters. The molecule has 0 radical (unpaired) electrons. The number of imide groups is 1. The highest BCUT2D eigenvalue weighted by Crippen LogP contribution is 2.46. The number of hydrogen-bond acceptors (Lipinski definition) is 5. The molecule has 4 rings (SSSR count). The first kappa shape index (κ1) is 24.7. The maximum atomic E-state index is 13.3. The Morgan fingerprint density at radius 1 is 1.15 bits per heavy atom. The molecule has 2 saturated heterocycles. The zero-order valence-corrected chi connectivity index (χ0v) is 20.9. The largest absolute Gasteiger partial charge is 0.325 e. The third kappa shape index (κ3) is 4.84. The van der Waals surface area contributed by atoms with Gasteiger partial charge in [0, 0.05) is 18.8 Å². The van der Waals surface area contributed by atoms with E-state index >= 15 is 0 Å². The van der Waals surface area contributed by atoms with Gasteiger partial charge < -0.3 is 10.6 Å². The van der Waals surface area contributed by atoms with Crippen LogP contribution >= 0.6 is 0 Å². The molecular weight excluding hydrogens is 456 g/mol. The van der Waals surface area contributed by atoms with Crippen LogP contribution in [-0.4, -0.2) is 60.6 Å². The van der Waals surface area contributed by atoms with Crippen molar-refractivity contribution in [3.8, 4) is 0 Å². The standard InChI is InChI=1S/C24H34N4O5S/c1-17-13-23(2,3)16-24(14-17)21(30)28(22(31)26-24)15-20(29)25-18-8-7-9-19(12-18)34(32,33)27-10-5-4-6-11-27/h7-9,12,17H,4-6,10-11,13-16H2,1-3H3,(H,25,29)(H,26,31)/t17-,24+/m0/s1. The molecule has 3 fully saturated rings. The van der Waals surface area contributed by atoms with Crippen LogP contribution in [0.5, 0.6) is 0 Å². The molecule has 3 aliphatic rings. The van der Waals surface area contributed by atoms with Gasteiger partial charge in [0.25, 0.3) is 5.91 Å². The first-order chi connectivity index (χ1) is 15.9. The van der Waals surface area contributed by atoms with Crippen molar-refractivity contribution in [3.05, 3.63) is 24.3 Å². The van der Waals surface area contributed by atoms with Crippen LogP contribution < -0.4 is 10.6 Å². The Balaban J connectivity index is 1.45. The van der Waals surface area contributed by atoms with E-state index in [1.165, 1.54) is 16.4 Å². The summed E-state index contributed by atoms with van der Waals surface area (Å²) in [6, 6.07) is 5.52. The van der Waals surface area contributed by atoms with Gasteiger partial charge in [0.1, 0.15) is 12.1 Å². The average Bonchev–Trinajstić information content (AvgIpc) is 2.96. The lowest BCUT2D eigenvalue weighted by atomic mass is 9.64. The van der Waals surface area contributed by atoms with Crippen LogP contribution in [-0.2, 0) is 19.6 Å². The number of benzene rings is 1. The van der Waals surface area contributed by atoms with Gasteiger partial charge in [0.05, 0.1) is 4.90 Å². The number of nitrogens with zero attached hydrogens (tertiary/aromatic N) is 2. The van der Waals surface area contributed by atoms with Gasteiger partial charge in [0.2, 0.25) is 15.9 Å². The number of amides is 4. The van der Waals surface area contributed by atoms with Gasteiger partial charge in [0.15, 0.2) is 0 Å². The van der Waals surface area contributed by atoms with E-state index in [9.17, 15) is 22.8 Å². The van der Waals surface area contributed by atoms with Gasteiger partial charge in [-0.05, 0) is 61.6 Å². The Bertz CT molecular complexity index is 1100. The van der Waals surface area contributed by atoms with Gasteiger partial charge in [-0.25, -0.2) is 13.2 Å². The number of carbonyl (C=O) groups excluding carboxylic acids is 3. The smallest absolute Gasteiger partial charge is 0.324 e. The van der Waals surface area contributed by atoms with Crippen molar-refractivity contribution in [2.75, 3.05) is 25.0 Å². The molecule has 0 unspecified atom stereocenters. The predicted molar refractivity (Wildman–Crippen MR) is 127 cm³/mol. The van der Waals surface area contributed by atoms with Crippen molar-refractivity contribution in [2.45, 2.75) is 69.7 Å². The summed E-state index contributed by atoms with van der Waals surface area (Å²) < 4.78 is 27.4. The van der Waals surface area contributed by atoms with Crippen LogP contribution in [0.4, 0.5) is 10.5 Å². The van der Waals surface area contributed by atoms with Crippen molar-refractivity contribution < 1.29 is 22.8 Å². The first-order valence-electron chi connectivity index (χ1n) is 12.0. The number of nitrogens with one attached hydrogen (secondary N) is 2. The summed E-state index contributed by atoms with van der Waals surface area (Å²) in [6.45, 7) is 6.80. The Morgan fingerprint density at radius 2 is 1.85 bits per heavy atom. The number of sulfonamides is 1. The van der Waals surface area contributed by atoms with Crippen LogP contribution in [0, 0.1) is 11.3 Å². The van der Waals surface area contributed by atoms with E-state index in [0.29, 0.717) is 31.6 Å². The van der Waals surface area contributed by atoms with E-state index < -0.39 is 34.0 Å². The molecule has 10 heteroatoms. The number of hydrogen-bond donors (Lipinski definition) is 2. The summed E-state index contributed by atoms with van der Waals surface area (Å²) in [6.07, 6.45) is 4.73. The Labute approximate surface area is 201 Å². The maximum Gasteiger partial charge on any atom is 0.325 e. The second-order valence-corrected chi connectivity index (χ2v) is 12.7. The summed E-state index contributed by atoms with van der Waals surface area (Å²) in [5.41, 5.74) is -0.766. The van der Waals surface area contributed by atoms with Crippen LogP contribution in [0.25, 0.3) is 0 Å². The van der Waals surface area contributed by atoms with Crippen molar-refractivity contribution in [2.24, 2.45) is 11.3 Å². The lowest BCUT2D eigenvalue weighted by molar-refractivity contribution is -0.136. The highest BCUT2D eigenvalue weighted by molar-refractivity contribution is 7.89. The number of piperidine rings is 1. The second kappa shape index (κ2) is 8.96. The third-order valence-electron chi connectivity index (χ3n) is 7.00. The van der Waals surface area contributed by atoms with E-state index in [-0.39, 0.29) is 22.1 Å². The van der Waals surface area contributed by atoms with Crippen molar-refractivity contribution in [1.82, 2.24) is 14.5 Å². The van der Waals surface area contributed by atoms with Gasteiger partial charge in [-0.1, -0.05) is 33.3 Å². The SMILES string of the molecule is C[C@H]1CC(C)(C)C[C@@]2(C1)NC(=O)N(CC(=O)Nc1cccc(S(=O)(=O)N3CCCCC3)c1)C2=O. The minimum atomic E-state index is -3.64. The van der Waals surface area contributed by atoms with Crippen molar-refractivity contribution in [3.63, 3.8) is 0 Å². The Hall–Kier alpha value is -2.46. The average molecular weight is 491 g/mol. The van der Waals surface area contributed by atoms with E-state index in [4.69, 9.17) is 0 Å². The first-order valence-corrected chi connectivity index (χ1v) is 13.4. The molecule has 0 aromatic heterocycles. The monoisotopic (exact) mass is 490 g/mol. The van der Waals surface area contributed by atoms with Crippen LogP contribution in [0.2, 0.25) is 0 Å². The molecule has 2 heterocycles. The molecule has 1 saturated carbocycles. The fourth-order valence-corrected chi connectivity index (χ4v) is 7.55. The highest BCUT2D eigenvalue weighted by atomic mass is 32.2. The van der Waals surface area contributed by atoms with Gasteiger partial charge in [-0.15, -0.1) is 0 Å². The summed E-state index contributed by atoms with van der Waals surface area (Å²) in [7, 11) is -3.64. The van der Waals surface area contributed by atoms with Crippen molar-refractivity contribution >= 4 is 33.6 Å². The number of anilines is 1. The zero-order chi connectivity index (χ0) is 24.7. The van der Waals surface area contributed by atoms with Gasteiger partial charge in [-0.2, -0.15) is 4.31 Å². The molecule has 34 heavy (non-hydrogen) atoms. The fraction of sp³-hybridized carbons (Fsp3) is 0.625. The summed E-state index contributed by atoms with van der Waals surface area (Å²) >= 11 is 0.